The molecule has 0 atom stereocenters. The molecule has 0 fully saturated rings. The fraction of sp³-hybridized carbons (Fsp3) is 0.588. The molecule has 0 amide bonds. The van der Waals surface area contributed by atoms with Crippen LogP contribution < -0.4 is 15.4 Å². The van der Waals surface area contributed by atoms with E-state index >= 15 is 0 Å². The van der Waals surface area contributed by atoms with Gasteiger partial charge >= 0.3 is 0 Å². The van der Waals surface area contributed by atoms with Crippen molar-refractivity contribution in [3.8, 4) is 5.75 Å². The summed E-state index contributed by atoms with van der Waals surface area (Å²) in [5, 5.41) is 6.70. The van der Waals surface area contributed by atoms with E-state index in [1.54, 1.807) is 0 Å². The van der Waals surface area contributed by atoms with E-state index in [0.29, 0.717) is 5.92 Å². The fourth-order valence-electron chi connectivity index (χ4n) is 2.15. The lowest BCUT2D eigenvalue weighted by Crippen LogP contribution is -2.38. The van der Waals surface area contributed by atoms with Gasteiger partial charge < -0.3 is 15.4 Å². The SMILES string of the molecule is CC(C)COc1ccc(CCNC2=NCCCCN2)cc1. The molecule has 2 N–H and O–H groups in total. The average Bonchev–Trinajstić information content (AvgIpc) is 2.75. The number of rotatable bonds is 6. The highest BCUT2D eigenvalue weighted by Crippen LogP contribution is 2.13. The molecule has 21 heavy (non-hydrogen) atoms. The van der Waals surface area contributed by atoms with Crippen LogP contribution in [0, 0.1) is 5.92 Å². The Morgan fingerprint density at radius 1 is 1.24 bits per heavy atom. The first-order chi connectivity index (χ1) is 10.2. The molecular weight excluding hydrogens is 262 g/mol. The van der Waals surface area contributed by atoms with Gasteiger partial charge in [0.2, 0.25) is 0 Å². The molecule has 1 aromatic rings. The minimum atomic E-state index is 0.557. The van der Waals surface area contributed by atoms with E-state index in [9.17, 15) is 0 Å². The molecule has 4 nitrogen and oxygen atoms in total. The second-order valence-corrected chi connectivity index (χ2v) is 5.89. The molecule has 1 heterocycles. The quantitative estimate of drug-likeness (QED) is 0.846. The molecule has 0 radical (unpaired) electrons. The normalized spacial score (nSPS) is 15.1. The predicted octanol–water partition coefficient (Wildman–Crippen LogP) is 2.59. The predicted molar refractivity (Wildman–Crippen MR) is 88.0 cm³/mol. The molecular formula is C17H27N3O. The summed E-state index contributed by atoms with van der Waals surface area (Å²) >= 11 is 0. The van der Waals surface area contributed by atoms with E-state index < -0.39 is 0 Å². The highest BCUT2D eigenvalue weighted by Gasteiger charge is 2.02. The van der Waals surface area contributed by atoms with Gasteiger partial charge in [0.05, 0.1) is 6.61 Å². The van der Waals surface area contributed by atoms with Crippen molar-refractivity contribution in [3.05, 3.63) is 29.8 Å². The number of nitrogens with zero attached hydrogens (tertiary/aromatic N) is 1. The molecule has 1 aliphatic rings. The number of benzene rings is 1. The van der Waals surface area contributed by atoms with Crippen LogP contribution >= 0.6 is 0 Å². The Labute approximate surface area is 128 Å². The largest absolute Gasteiger partial charge is 0.493 e. The summed E-state index contributed by atoms with van der Waals surface area (Å²) in [7, 11) is 0. The van der Waals surface area contributed by atoms with Gasteiger partial charge in [0.25, 0.3) is 0 Å². The first-order valence-corrected chi connectivity index (χ1v) is 7.98. The zero-order valence-corrected chi connectivity index (χ0v) is 13.2. The monoisotopic (exact) mass is 289 g/mol. The van der Waals surface area contributed by atoms with Crippen LogP contribution in [0.2, 0.25) is 0 Å². The molecule has 0 aliphatic carbocycles. The van der Waals surface area contributed by atoms with Crippen LogP contribution in [0.25, 0.3) is 0 Å². The molecule has 0 aromatic heterocycles. The number of nitrogens with one attached hydrogen (secondary N) is 2. The lowest BCUT2D eigenvalue weighted by Gasteiger charge is -2.11. The Morgan fingerprint density at radius 3 is 2.81 bits per heavy atom. The van der Waals surface area contributed by atoms with Crippen molar-refractivity contribution in [1.82, 2.24) is 10.6 Å². The van der Waals surface area contributed by atoms with Crippen molar-refractivity contribution >= 4 is 5.96 Å². The Morgan fingerprint density at radius 2 is 2.05 bits per heavy atom. The van der Waals surface area contributed by atoms with Gasteiger partial charge in [-0.05, 0) is 42.9 Å². The van der Waals surface area contributed by atoms with E-state index in [0.717, 1.165) is 44.4 Å². The molecule has 116 valence electrons. The van der Waals surface area contributed by atoms with Gasteiger partial charge in [0, 0.05) is 19.6 Å². The van der Waals surface area contributed by atoms with E-state index in [4.69, 9.17) is 4.74 Å². The van der Waals surface area contributed by atoms with Crippen LogP contribution in [0.3, 0.4) is 0 Å². The average molecular weight is 289 g/mol. The molecule has 1 aliphatic heterocycles. The van der Waals surface area contributed by atoms with Gasteiger partial charge in [-0.1, -0.05) is 26.0 Å². The Hall–Kier alpha value is -1.71. The molecule has 0 saturated heterocycles. The molecule has 0 spiro atoms. The maximum absolute atomic E-state index is 5.69. The lowest BCUT2D eigenvalue weighted by atomic mass is 10.1. The highest BCUT2D eigenvalue weighted by molar-refractivity contribution is 5.79. The Balaban J connectivity index is 1.71. The van der Waals surface area contributed by atoms with Crippen LogP contribution in [0.5, 0.6) is 5.75 Å². The maximum atomic E-state index is 5.69. The maximum Gasteiger partial charge on any atom is 0.191 e. The van der Waals surface area contributed by atoms with Gasteiger partial charge in [0.15, 0.2) is 5.96 Å². The molecule has 0 saturated carbocycles. The third-order valence-corrected chi connectivity index (χ3v) is 3.36. The van der Waals surface area contributed by atoms with E-state index in [1.165, 1.54) is 18.4 Å². The fourth-order valence-corrected chi connectivity index (χ4v) is 2.15. The van der Waals surface area contributed by atoms with Gasteiger partial charge in [-0.3, -0.25) is 4.99 Å². The number of hydrogen-bond acceptors (Lipinski definition) is 4. The van der Waals surface area contributed by atoms with Crippen LogP contribution in [0.1, 0.15) is 32.3 Å². The first-order valence-electron chi connectivity index (χ1n) is 7.98. The molecule has 0 bridgehead atoms. The third-order valence-electron chi connectivity index (χ3n) is 3.36. The van der Waals surface area contributed by atoms with E-state index in [2.05, 4.69) is 53.7 Å². The zero-order chi connectivity index (χ0) is 14.9. The van der Waals surface area contributed by atoms with Crippen molar-refractivity contribution in [3.63, 3.8) is 0 Å². The topological polar surface area (TPSA) is 45.6 Å². The van der Waals surface area contributed by atoms with Gasteiger partial charge in [0.1, 0.15) is 5.75 Å². The summed E-state index contributed by atoms with van der Waals surface area (Å²) in [6, 6.07) is 8.39. The third kappa shape index (κ3) is 6.06. The summed E-state index contributed by atoms with van der Waals surface area (Å²) in [6.07, 6.45) is 3.37. The number of aliphatic imine (C=N–C) groups is 1. The van der Waals surface area contributed by atoms with Crippen LogP contribution in [-0.2, 0) is 6.42 Å². The molecule has 4 heteroatoms. The summed E-state index contributed by atoms with van der Waals surface area (Å²) < 4.78 is 5.69. The Bertz CT molecular complexity index is 440. The Kier molecular flexibility index (Phi) is 6.38. The summed E-state index contributed by atoms with van der Waals surface area (Å²) in [4.78, 5) is 4.48. The number of guanidine groups is 1. The van der Waals surface area contributed by atoms with Crippen molar-refractivity contribution in [2.24, 2.45) is 10.9 Å². The van der Waals surface area contributed by atoms with Gasteiger partial charge in [-0.2, -0.15) is 0 Å². The van der Waals surface area contributed by atoms with Crippen LogP contribution in [-0.4, -0.2) is 32.2 Å². The van der Waals surface area contributed by atoms with Crippen LogP contribution in [0.4, 0.5) is 0 Å². The second-order valence-electron chi connectivity index (χ2n) is 5.89. The van der Waals surface area contributed by atoms with Crippen molar-refractivity contribution < 1.29 is 4.74 Å². The minimum absolute atomic E-state index is 0.557. The zero-order valence-electron chi connectivity index (χ0n) is 13.2. The lowest BCUT2D eigenvalue weighted by molar-refractivity contribution is 0.271. The number of hydrogen-bond donors (Lipinski definition) is 2. The van der Waals surface area contributed by atoms with Gasteiger partial charge in [-0.25, -0.2) is 0 Å². The standard InChI is InChI=1S/C17H27N3O/c1-14(2)13-21-16-7-5-15(6-8-16)9-12-20-17-18-10-3-4-11-19-17/h5-8,14H,3-4,9-13H2,1-2H3,(H2,18,19,20). The van der Waals surface area contributed by atoms with Gasteiger partial charge in [-0.15, -0.1) is 0 Å². The smallest absolute Gasteiger partial charge is 0.191 e. The molecule has 2 rings (SSSR count). The molecule has 1 aromatic carbocycles. The van der Waals surface area contributed by atoms with Crippen molar-refractivity contribution in [2.75, 3.05) is 26.2 Å². The van der Waals surface area contributed by atoms with E-state index in [1.807, 2.05) is 0 Å². The summed E-state index contributed by atoms with van der Waals surface area (Å²) in [5.41, 5.74) is 1.31. The summed E-state index contributed by atoms with van der Waals surface area (Å²) in [6.45, 7) is 7.93. The summed E-state index contributed by atoms with van der Waals surface area (Å²) in [5.74, 6) is 2.46. The van der Waals surface area contributed by atoms with Crippen LogP contribution in [0.15, 0.2) is 29.3 Å². The number of ether oxygens (including phenoxy) is 1. The second kappa shape index (κ2) is 8.55. The van der Waals surface area contributed by atoms with E-state index in [-0.39, 0.29) is 0 Å². The van der Waals surface area contributed by atoms with Crippen molar-refractivity contribution in [2.45, 2.75) is 33.1 Å². The van der Waals surface area contributed by atoms with Crippen molar-refractivity contribution in [1.29, 1.82) is 0 Å². The minimum Gasteiger partial charge on any atom is -0.493 e. The first kappa shape index (κ1) is 15.7. The molecule has 0 unspecified atom stereocenters. The highest BCUT2D eigenvalue weighted by atomic mass is 16.5.